The molecule has 1 aromatic carbocycles. The molecule has 0 fully saturated rings. The van der Waals surface area contributed by atoms with Crippen molar-refractivity contribution < 1.29 is 4.39 Å². The summed E-state index contributed by atoms with van der Waals surface area (Å²) in [7, 11) is 0. The Morgan fingerprint density at radius 1 is 1.44 bits per heavy atom. The summed E-state index contributed by atoms with van der Waals surface area (Å²) < 4.78 is 15.6. The standard InChI is InChI=1S/C11H6FN5S/c12-7-4-9-8(3-6(7)5-13)15-11(18-9)17-2-1-10(14)16-17/h1-4H,(H2,14,16)/i12-1. The number of nitrogens with zero attached hydrogens (tertiary/aromatic N) is 4. The molecule has 0 aliphatic heterocycles. The highest BCUT2D eigenvalue weighted by Gasteiger charge is 2.10. The van der Waals surface area contributed by atoms with Gasteiger partial charge in [0.25, 0.3) is 0 Å². The average molecular weight is 258 g/mol. The summed E-state index contributed by atoms with van der Waals surface area (Å²) >= 11 is 1.28. The molecule has 0 aliphatic carbocycles. The third-order valence-electron chi connectivity index (χ3n) is 2.39. The van der Waals surface area contributed by atoms with Crippen LogP contribution in [0.25, 0.3) is 15.3 Å². The van der Waals surface area contributed by atoms with Gasteiger partial charge in [-0.3, -0.25) is 0 Å². The number of halogens is 1. The number of nitriles is 1. The van der Waals surface area contributed by atoms with E-state index in [9.17, 15) is 4.39 Å². The third-order valence-corrected chi connectivity index (χ3v) is 3.40. The lowest BCUT2D eigenvalue weighted by Crippen LogP contribution is -1.94. The molecule has 5 nitrogen and oxygen atoms in total. The van der Waals surface area contributed by atoms with Crippen LogP contribution in [0.15, 0.2) is 24.4 Å². The molecular formula is C11H6FN5S. The minimum absolute atomic E-state index is 0.0145. The van der Waals surface area contributed by atoms with E-state index < -0.39 is 5.82 Å². The molecule has 0 atom stereocenters. The van der Waals surface area contributed by atoms with Crippen molar-refractivity contribution in [1.82, 2.24) is 14.8 Å². The Kier molecular flexibility index (Phi) is 2.25. The molecular weight excluding hydrogens is 252 g/mol. The molecule has 0 spiro atoms. The number of thiazole rings is 1. The number of benzene rings is 1. The minimum Gasteiger partial charge on any atom is -0.382 e. The maximum Gasteiger partial charge on any atom is 0.211 e. The van der Waals surface area contributed by atoms with Gasteiger partial charge < -0.3 is 5.73 Å². The van der Waals surface area contributed by atoms with E-state index in [4.69, 9.17) is 11.0 Å². The van der Waals surface area contributed by atoms with Crippen LogP contribution >= 0.6 is 11.3 Å². The smallest absolute Gasteiger partial charge is 0.211 e. The van der Waals surface area contributed by atoms with Crippen molar-refractivity contribution in [2.24, 2.45) is 0 Å². The zero-order valence-electron chi connectivity index (χ0n) is 8.96. The summed E-state index contributed by atoms with van der Waals surface area (Å²) in [5, 5.41) is 13.4. The molecule has 2 aromatic heterocycles. The summed E-state index contributed by atoms with van der Waals surface area (Å²) in [5.41, 5.74) is 6.08. The minimum atomic E-state index is -0.542. The Morgan fingerprint density at radius 3 is 2.94 bits per heavy atom. The van der Waals surface area contributed by atoms with Crippen LogP contribution in [-0.2, 0) is 0 Å². The fraction of sp³-hybridized carbons (Fsp3) is 0. The third kappa shape index (κ3) is 1.59. The van der Waals surface area contributed by atoms with Crippen molar-refractivity contribution in [3.05, 3.63) is 35.8 Å². The van der Waals surface area contributed by atoms with Crippen LogP contribution in [0.4, 0.5) is 10.2 Å². The van der Waals surface area contributed by atoms with Crippen LogP contribution in [0.2, 0.25) is 0 Å². The van der Waals surface area contributed by atoms with E-state index in [1.807, 2.05) is 0 Å². The average Bonchev–Trinajstić information content (AvgIpc) is 2.93. The van der Waals surface area contributed by atoms with Gasteiger partial charge >= 0.3 is 0 Å². The molecule has 0 amide bonds. The van der Waals surface area contributed by atoms with Crippen LogP contribution in [0.3, 0.4) is 0 Å². The number of aromatic nitrogens is 3. The molecule has 2 heterocycles. The fourth-order valence-electron chi connectivity index (χ4n) is 1.57. The molecule has 0 saturated carbocycles. The Balaban J connectivity index is 2.20. The summed E-state index contributed by atoms with van der Waals surface area (Å²) in [6.45, 7) is 0. The number of hydrogen-bond donors (Lipinski definition) is 1. The number of rotatable bonds is 1. The lowest BCUT2D eigenvalue weighted by molar-refractivity contribution is 0.626. The lowest BCUT2D eigenvalue weighted by atomic mass is 10.2. The van der Waals surface area contributed by atoms with Gasteiger partial charge in [0.05, 0.1) is 15.8 Å². The van der Waals surface area contributed by atoms with E-state index in [1.54, 1.807) is 18.3 Å². The number of hydrogen-bond acceptors (Lipinski definition) is 5. The van der Waals surface area contributed by atoms with Gasteiger partial charge in [0.15, 0.2) is 0 Å². The van der Waals surface area contributed by atoms with E-state index >= 15 is 0 Å². The van der Waals surface area contributed by atoms with Gasteiger partial charge in [-0.25, -0.2) is 14.1 Å². The van der Waals surface area contributed by atoms with Crippen LogP contribution < -0.4 is 5.73 Å². The van der Waals surface area contributed by atoms with Crippen LogP contribution in [-0.4, -0.2) is 14.8 Å². The van der Waals surface area contributed by atoms with Gasteiger partial charge in [0, 0.05) is 12.3 Å². The van der Waals surface area contributed by atoms with Crippen molar-refractivity contribution in [3.8, 4) is 11.2 Å². The molecule has 0 unspecified atom stereocenters. The summed E-state index contributed by atoms with van der Waals surface area (Å²) in [6.07, 6.45) is 1.68. The van der Waals surface area contributed by atoms with Gasteiger partial charge in [-0.15, -0.1) is 5.10 Å². The highest BCUT2D eigenvalue weighted by atomic mass is 32.1. The molecule has 3 rings (SSSR count). The van der Waals surface area contributed by atoms with Gasteiger partial charge in [0.2, 0.25) is 5.13 Å². The Labute approximate surface area is 105 Å². The Hall–Kier alpha value is -2.46. The van der Waals surface area contributed by atoms with Crippen molar-refractivity contribution in [2.75, 3.05) is 5.73 Å². The highest BCUT2D eigenvalue weighted by molar-refractivity contribution is 7.20. The first-order valence-corrected chi connectivity index (χ1v) is 5.81. The van der Waals surface area contributed by atoms with Crippen molar-refractivity contribution in [1.29, 1.82) is 5.26 Å². The monoisotopic (exact) mass is 258 g/mol. The summed E-state index contributed by atoms with van der Waals surface area (Å²) in [6, 6.07) is 6.17. The van der Waals surface area contributed by atoms with Crippen LogP contribution in [0.5, 0.6) is 0 Å². The number of nitrogen functional groups attached to an aromatic ring is 1. The SMILES string of the molecule is N#Cc1cc2nc(-n3ccc(N)n3)sc2cc1[18F]. The first-order chi connectivity index (χ1) is 8.67. The van der Waals surface area contributed by atoms with E-state index in [-0.39, 0.29) is 5.56 Å². The van der Waals surface area contributed by atoms with Crippen molar-refractivity contribution in [2.45, 2.75) is 0 Å². The fourth-order valence-corrected chi connectivity index (χ4v) is 2.47. The van der Waals surface area contributed by atoms with Gasteiger partial charge in [-0.2, -0.15) is 5.26 Å². The van der Waals surface area contributed by atoms with Crippen molar-refractivity contribution in [3.63, 3.8) is 0 Å². The quantitative estimate of drug-likeness (QED) is 0.724. The largest absolute Gasteiger partial charge is 0.382 e. The number of fused-ring (bicyclic) bond motifs is 1. The molecule has 3 aromatic rings. The molecule has 88 valence electrons. The summed E-state index contributed by atoms with van der Waals surface area (Å²) in [4.78, 5) is 4.29. The second kappa shape index (κ2) is 3.78. The Morgan fingerprint density at radius 2 is 2.28 bits per heavy atom. The molecule has 0 radical (unpaired) electrons. The molecule has 0 bridgehead atoms. The second-order valence-corrected chi connectivity index (χ2v) is 4.60. The van der Waals surface area contributed by atoms with Crippen LogP contribution in [0, 0.1) is 17.1 Å². The van der Waals surface area contributed by atoms with E-state index in [1.165, 1.54) is 28.2 Å². The van der Waals surface area contributed by atoms with Gasteiger partial charge in [0.1, 0.15) is 17.7 Å². The molecule has 0 saturated heterocycles. The predicted molar refractivity (Wildman–Crippen MR) is 65.8 cm³/mol. The van der Waals surface area contributed by atoms with Crippen LogP contribution in [0.1, 0.15) is 5.56 Å². The van der Waals surface area contributed by atoms with E-state index in [2.05, 4.69) is 10.1 Å². The zero-order valence-corrected chi connectivity index (χ0v) is 9.78. The van der Waals surface area contributed by atoms with Gasteiger partial charge in [-0.1, -0.05) is 11.3 Å². The normalized spacial score (nSPS) is 10.7. The molecule has 7 heteroatoms. The summed E-state index contributed by atoms with van der Waals surface area (Å²) in [5.74, 6) is -0.154. The Bertz CT molecular complexity index is 782. The highest BCUT2D eigenvalue weighted by Crippen LogP contribution is 2.27. The van der Waals surface area contributed by atoms with E-state index in [0.717, 1.165) is 0 Å². The topological polar surface area (TPSA) is 80.5 Å². The number of anilines is 1. The van der Waals surface area contributed by atoms with Gasteiger partial charge in [-0.05, 0) is 12.1 Å². The molecule has 18 heavy (non-hydrogen) atoms. The lowest BCUT2D eigenvalue weighted by Gasteiger charge is -1.91. The van der Waals surface area contributed by atoms with Crippen molar-refractivity contribution >= 4 is 27.4 Å². The predicted octanol–water partition coefficient (Wildman–Crippen LogP) is 2.07. The first-order valence-electron chi connectivity index (χ1n) is 4.99. The molecule has 0 aliphatic rings. The maximum absolute atomic E-state index is 13.4. The van der Waals surface area contributed by atoms with E-state index in [0.29, 0.717) is 21.2 Å². The first kappa shape index (κ1) is 10.7. The molecule has 2 N–H and O–H groups in total. The second-order valence-electron chi connectivity index (χ2n) is 3.59. The zero-order chi connectivity index (χ0) is 12.7. The number of nitrogens with two attached hydrogens (primary N) is 1. The maximum atomic E-state index is 13.4.